The summed E-state index contributed by atoms with van der Waals surface area (Å²) in [7, 11) is 2.08. The third-order valence-electron chi connectivity index (χ3n) is 3.95. The molecule has 0 saturated carbocycles. The van der Waals surface area contributed by atoms with Gasteiger partial charge in [0.05, 0.1) is 0 Å². The van der Waals surface area contributed by atoms with Crippen LogP contribution in [0, 0.1) is 13.8 Å². The predicted molar refractivity (Wildman–Crippen MR) is 80.1 cm³/mol. The monoisotopic (exact) mass is 276 g/mol. The normalized spacial score (nSPS) is 17.9. The van der Waals surface area contributed by atoms with Crippen LogP contribution in [0.5, 0.6) is 5.75 Å². The molecule has 2 rings (SSSR count). The van der Waals surface area contributed by atoms with E-state index in [0.717, 1.165) is 31.9 Å². The lowest BCUT2D eigenvalue weighted by molar-refractivity contribution is -0.139. The Hall–Kier alpha value is -1.55. The highest BCUT2D eigenvalue weighted by molar-refractivity contribution is 5.81. The van der Waals surface area contributed by atoms with Gasteiger partial charge in [-0.05, 0) is 51.1 Å². The summed E-state index contributed by atoms with van der Waals surface area (Å²) in [6, 6.07) is 5.94. The van der Waals surface area contributed by atoms with Crippen molar-refractivity contribution in [2.75, 3.05) is 33.2 Å². The number of carbonyl (C=O) groups excluding carboxylic acids is 1. The molecular formula is C16H24N2O2. The van der Waals surface area contributed by atoms with Crippen molar-refractivity contribution in [2.45, 2.75) is 26.9 Å². The third kappa shape index (κ3) is 3.51. The van der Waals surface area contributed by atoms with Gasteiger partial charge >= 0.3 is 0 Å². The molecule has 0 N–H and O–H groups in total. The zero-order chi connectivity index (χ0) is 14.7. The molecule has 1 aliphatic rings. The van der Waals surface area contributed by atoms with Crippen LogP contribution >= 0.6 is 0 Å². The van der Waals surface area contributed by atoms with Gasteiger partial charge in [-0.1, -0.05) is 6.07 Å². The molecule has 1 aromatic rings. The van der Waals surface area contributed by atoms with E-state index < -0.39 is 6.10 Å². The van der Waals surface area contributed by atoms with E-state index in [1.165, 1.54) is 11.1 Å². The van der Waals surface area contributed by atoms with Gasteiger partial charge in [-0.25, -0.2) is 0 Å². The van der Waals surface area contributed by atoms with Gasteiger partial charge in [0.1, 0.15) is 5.75 Å². The second-order valence-corrected chi connectivity index (χ2v) is 5.63. The number of nitrogens with zero attached hydrogens (tertiary/aromatic N) is 2. The highest BCUT2D eigenvalue weighted by Crippen LogP contribution is 2.18. The largest absolute Gasteiger partial charge is 0.481 e. The second-order valence-electron chi connectivity index (χ2n) is 5.63. The number of likely N-dealkylation sites (N-methyl/N-ethyl adjacent to an activating group) is 1. The summed E-state index contributed by atoms with van der Waals surface area (Å²) in [5, 5.41) is 0. The molecule has 110 valence electrons. The lowest BCUT2D eigenvalue weighted by Gasteiger charge is -2.33. The van der Waals surface area contributed by atoms with Crippen molar-refractivity contribution in [3.8, 4) is 5.75 Å². The molecule has 1 heterocycles. The Balaban J connectivity index is 1.95. The zero-order valence-electron chi connectivity index (χ0n) is 12.8. The Morgan fingerprint density at radius 1 is 1.15 bits per heavy atom. The van der Waals surface area contributed by atoms with E-state index >= 15 is 0 Å². The molecule has 4 heteroatoms. The number of aryl methyl sites for hydroxylation is 2. The molecule has 1 amide bonds. The van der Waals surface area contributed by atoms with Crippen molar-refractivity contribution in [2.24, 2.45) is 0 Å². The van der Waals surface area contributed by atoms with Crippen LogP contribution in [0.3, 0.4) is 0 Å². The van der Waals surface area contributed by atoms with E-state index in [1.54, 1.807) is 0 Å². The molecule has 1 atom stereocenters. The van der Waals surface area contributed by atoms with Gasteiger partial charge in [-0.3, -0.25) is 4.79 Å². The van der Waals surface area contributed by atoms with Crippen LogP contribution in [0.1, 0.15) is 18.1 Å². The minimum Gasteiger partial charge on any atom is -0.481 e. The number of amides is 1. The summed E-state index contributed by atoms with van der Waals surface area (Å²) in [4.78, 5) is 16.5. The molecule has 0 bridgehead atoms. The number of ether oxygens (including phenoxy) is 1. The SMILES string of the molecule is Cc1ccc(OC(C)C(=O)N2CCN(C)CC2)cc1C. The smallest absolute Gasteiger partial charge is 0.263 e. The molecule has 0 aromatic heterocycles. The van der Waals surface area contributed by atoms with Gasteiger partial charge in [-0.2, -0.15) is 0 Å². The molecule has 1 unspecified atom stereocenters. The lowest BCUT2D eigenvalue weighted by Crippen LogP contribution is -2.50. The van der Waals surface area contributed by atoms with Crippen molar-refractivity contribution in [1.82, 2.24) is 9.80 Å². The fraction of sp³-hybridized carbons (Fsp3) is 0.562. The minimum absolute atomic E-state index is 0.0799. The molecule has 0 spiro atoms. The topological polar surface area (TPSA) is 32.8 Å². The first-order valence-electron chi connectivity index (χ1n) is 7.18. The first-order valence-corrected chi connectivity index (χ1v) is 7.18. The zero-order valence-corrected chi connectivity index (χ0v) is 12.8. The summed E-state index contributed by atoms with van der Waals surface area (Å²) >= 11 is 0. The molecule has 20 heavy (non-hydrogen) atoms. The summed E-state index contributed by atoms with van der Waals surface area (Å²) in [5.41, 5.74) is 2.41. The number of benzene rings is 1. The maximum atomic E-state index is 12.3. The van der Waals surface area contributed by atoms with E-state index in [-0.39, 0.29) is 5.91 Å². The third-order valence-corrected chi connectivity index (χ3v) is 3.95. The molecular weight excluding hydrogens is 252 g/mol. The first kappa shape index (κ1) is 14.9. The Kier molecular flexibility index (Phi) is 4.65. The quantitative estimate of drug-likeness (QED) is 0.844. The standard InChI is InChI=1S/C16H24N2O2/c1-12-5-6-15(11-13(12)2)20-14(3)16(19)18-9-7-17(4)8-10-18/h5-6,11,14H,7-10H2,1-4H3. The number of hydrogen-bond acceptors (Lipinski definition) is 3. The van der Waals surface area contributed by atoms with Crippen molar-refractivity contribution in [1.29, 1.82) is 0 Å². The van der Waals surface area contributed by atoms with E-state index in [2.05, 4.69) is 25.8 Å². The van der Waals surface area contributed by atoms with Crippen molar-refractivity contribution < 1.29 is 9.53 Å². The maximum Gasteiger partial charge on any atom is 0.263 e. The van der Waals surface area contributed by atoms with Crippen molar-refractivity contribution >= 4 is 5.91 Å². The summed E-state index contributed by atoms with van der Waals surface area (Å²) in [6.07, 6.45) is -0.430. The molecule has 0 aliphatic carbocycles. The summed E-state index contributed by atoms with van der Waals surface area (Å²) < 4.78 is 5.79. The van der Waals surface area contributed by atoms with Gasteiger partial charge in [-0.15, -0.1) is 0 Å². The fourth-order valence-corrected chi connectivity index (χ4v) is 2.33. The van der Waals surface area contributed by atoms with Gasteiger partial charge in [0.25, 0.3) is 5.91 Å². The van der Waals surface area contributed by atoms with E-state index in [0.29, 0.717) is 0 Å². The Bertz CT molecular complexity index is 479. The highest BCUT2D eigenvalue weighted by Gasteiger charge is 2.24. The van der Waals surface area contributed by atoms with Crippen LogP contribution in [0.2, 0.25) is 0 Å². The summed E-state index contributed by atoms with van der Waals surface area (Å²) in [5.74, 6) is 0.847. The molecule has 1 fully saturated rings. The molecule has 1 aliphatic heterocycles. The first-order chi connectivity index (χ1) is 9.47. The van der Waals surface area contributed by atoms with E-state index in [1.807, 2.05) is 30.0 Å². The molecule has 0 radical (unpaired) electrons. The molecule has 1 aromatic carbocycles. The number of piperazine rings is 1. The van der Waals surface area contributed by atoms with Gasteiger partial charge in [0.2, 0.25) is 0 Å². The summed E-state index contributed by atoms with van der Waals surface area (Å²) in [6.45, 7) is 9.39. The van der Waals surface area contributed by atoms with Crippen molar-refractivity contribution in [3.63, 3.8) is 0 Å². The van der Waals surface area contributed by atoms with Gasteiger partial charge in [0, 0.05) is 26.2 Å². The lowest BCUT2D eigenvalue weighted by atomic mass is 10.1. The van der Waals surface area contributed by atoms with E-state index in [9.17, 15) is 4.79 Å². The Morgan fingerprint density at radius 3 is 2.40 bits per heavy atom. The predicted octanol–water partition coefficient (Wildman–Crippen LogP) is 1.84. The van der Waals surface area contributed by atoms with Crippen LogP contribution in [0.4, 0.5) is 0 Å². The number of rotatable bonds is 3. The van der Waals surface area contributed by atoms with Crippen LogP contribution in [-0.2, 0) is 4.79 Å². The minimum atomic E-state index is -0.430. The maximum absolute atomic E-state index is 12.3. The average Bonchev–Trinajstić information content (AvgIpc) is 2.43. The van der Waals surface area contributed by atoms with Crippen LogP contribution in [-0.4, -0.2) is 55.0 Å². The van der Waals surface area contributed by atoms with Crippen LogP contribution in [0.25, 0.3) is 0 Å². The second kappa shape index (κ2) is 6.27. The molecule has 1 saturated heterocycles. The Morgan fingerprint density at radius 2 is 1.80 bits per heavy atom. The van der Waals surface area contributed by atoms with Crippen molar-refractivity contribution in [3.05, 3.63) is 29.3 Å². The fourth-order valence-electron chi connectivity index (χ4n) is 2.33. The molecule has 4 nitrogen and oxygen atoms in total. The highest BCUT2D eigenvalue weighted by atomic mass is 16.5. The van der Waals surface area contributed by atoms with E-state index in [4.69, 9.17) is 4.74 Å². The van der Waals surface area contributed by atoms with Gasteiger partial charge in [0.15, 0.2) is 6.10 Å². The van der Waals surface area contributed by atoms with Crippen LogP contribution < -0.4 is 4.74 Å². The van der Waals surface area contributed by atoms with Crippen LogP contribution in [0.15, 0.2) is 18.2 Å². The van der Waals surface area contributed by atoms with Gasteiger partial charge < -0.3 is 14.5 Å². The number of carbonyl (C=O) groups is 1. The average molecular weight is 276 g/mol. The number of hydrogen-bond donors (Lipinski definition) is 0. The Labute approximate surface area is 121 Å².